The minimum absolute atomic E-state index is 0.154. The van der Waals surface area contributed by atoms with Gasteiger partial charge < -0.3 is 0 Å². The lowest BCUT2D eigenvalue weighted by Gasteiger charge is -2.72. The molecule has 0 radical (unpaired) electrons. The molecule has 2 N–H and O–H groups in total. The average molecular weight is 470 g/mol. The lowest BCUT2D eigenvalue weighted by molar-refractivity contribution is -0.233. The van der Waals surface area contributed by atoms with E-state index in [1.54, 1.807) is 0 Å². The Morgan fingerprint density at radius 2 is 1.62 bits per heavy atom. The number of carbonyl (C=O) groups is 2. The molecule has 0 heterocycles. The van der Waals surface area contributed by atoms with E-state index in [1.807, 2.05) is 0 Å². The number of nitrogens with one attached hydrogen (secondary N) is 1. The molecule has 0 spiro atoms. The lowest BCUT2D eigenvalue weighted by atomic mass is 9.32. The first-order valence-corrected chi connectivity index (χ1v) is 13.9. The highest BCUT2D eigenvalue weighted by molar-refractivity contribution is 5.85. The van der Waals surface area contributed by atoms with Gasteiger partial charge in [0.05, 0.1) is 5.41 Å². The first-order chi connectivity index (χ1) is 15.8. The van der Waals surface area contributed by atoms with Crippen molar-refractivity contribution in [2.75, 3.05) is 0 Å². The monoisotopic (exact) mass is 469 g/mol. The topological polar surface area (TPSA) is 66.4 Å². The molecular weight excluding hydrogens is 422 g/mol. The fourth-order valence-corrected chi connectivity index (χ4v) is 11.4. The summed E-state index contributed by atoms with van der Waals surface area (Å²) >= 11 is 0. The van der Waals surface area contributed by atoms with Crippen LogP contribution in [0.5, 0.6) is 0 Å². The van der Waals surface area contributed by atoms with Crippen LogP contribution in [-0.2, 0) is 9.59 Å². The van der Waals surface area contributed by atoms with Gasteiger partial charge in [-0.25, -0.2) is 5.48 Å². The summed E-state index contributed by atoms with van der Waals surface area (Å²) in [7, 11) is 0. The summed E-state index contributed by atoms with van der Waals surface area (Å²) in [5.74, 6) is 2.50. The number of amides is 1. The molecule has 5 rings (SSSR count). The Bertz CT molecular complexity index is 924. The van der Waals surface area contributed by atoms with Crippen molar-refractivity contribution in [2.24, 2.45) is 56.7 Å². The van der Waals surface area contributed by atoms with E-state index in [4.69, 9.17) is 0 Å². The molecule has 5 saturated carbocycles. The number of hydroxylamine groups is 1. The highest BCUT2D eigenvalue weighted by Crippen LogP contribution is 2.77. The van der Waals surface area contributed by atoms with E-state index in [9.17, 15) is 14.8 Å². The van der Waals surface area contributed by atoms with Crippen LogP contribution in [0.3, 0.4) is 0 Å². The number of ketones is 1. The van der Waals surface area contributed by atoms with Crippen LogP contribution >= 0.6 is 0 Å². The van der Waals surface area contributed by atoms with Gasteiger partial charge in [-0.05, 0) is 111 Å². The maximum absolute atomic E-state index is 13.2. The third-order valence-electron chi connectivity index (χ3n) is 13.4. The summed E-state index contributed by atoms with van der Waals surface area (Å²) in [5, 5.41) is 9.74. The van der Waals surface area contributed by atoms with E-state index in [2.05, 4.69) is 53.6 Å². The Balaban J connectivity index is 1.57. The third kappa shape index (κ3) is 2.75. The van der Waals surface area contributed by atoms with Crippen LogP contribution in [0.25, 0.3) is 0 Å². The van der Waals surface area contributed by atoms with Crippen LogP contribution < -0.4 is 5.48 Å². The summed E-state index contributed by atoms with van der Waals surface area (Å²) in [5.41, 5.74) is 3.20. The molecule has 0 aromatic carbocycles. The second-order valence-electron chi connectivity index (χ2n) is 14.4. The molecule has 34 heavy (non-hydrogen) atoms. The van der Waals surface area contributed by atoms with Crippen molar-refractivity contribution in [3.8, 4) is 0 Å². The highest BCUT2D eigenvalue weighted by atomic mass is 16.5. The predicted molar refractivity (Wildman–Crippen MR) is 134 cm³/mol. The molecule has 4 unspecified atom stereocenters. The zero-order valence-electron chi connectivity index (χ0n) is 22.4. The van der Waals surface area contributed by atoms with Gasteiger partial charge in [0.2, 0.25) is 5.91 Å². The van der Waals surface area contributed by atoms with E-state index in [0.717, 1.165) is 51.4 Å². The van der Waals surface area contributed by atoms with E-state index < -0.39 is 5.41 Å². The minimum atomic E-state index is -0.452. The molecule has 5 aliphatic rings. The van der Waals surface area contributed by atoms with E-state index >= 15 is 0 Å². The van der Waals surface area contributed by atoms with Crippen molar-refractivity contribution in [2.45, 2.75) is 106 Å². The smallest absolute Gasteiger partial charge is 0.249 e. The zero-order chi connectivity index (χ0) is 24.9. The summed E-state index contributed by atoms with van der Waals surface area (Å²) in [4.78, 5) is 26.1. The number of rotatable bonds is 2. The minimum Gasteiger partial charge on any atom is -0.299 e. The summed E-state index contributed by atoms with van der Waals surface area (Å²) in [6, 6.07) is 0. The molecule has 9 atom stereocenters. The Labute approximate surface area is 206 Å². The average Bonchev–Trinajstić information content (AvgIpc) is 3.18. The van der Waals surface area contributed by atoms with Crippen molar-refractivity contribution in [1.29, 1.82) is 0 Å². The van der Waals surface area contributed by atoms with Gasteiger partial charge in [-0.2, -0.15) is 0 Å². The van der Waals surface area contributed by atoms with Gasteiger partial charge in [0.15, 0.2) is 0 Å². The summed E-state index contributed by atoms with van der Waals surface area (Å²) in [6.07, 6.45) is 10.2. The molecule has 0 aromatic heterocycles. The fraction of sp³-hybridized carbons (Fsp3) is 0.867. The maximum Gasteiger partial charge on any atom is 0.249 e. The van der Waals surface area contributed by atoms with Gasteiger partial charge >= 0.3 is 0 Å². The van der Waals surface area contributed by atoms with Crippen molar-refractivity contribution in [3.63, 3.8) is 0 Å². The first kappa shape index (κ1) is 24.5. The summed E-state index contributed by atoms with van der Waals surface area (Å²) < 4.78 is 0. The molecule has 0 bridgehead atoms. The molecule has 0 aromatic rings. The fourth-order valence-electron chi connectivity index (χ4n) is 11.4. The third-order valence-corrected chi connectivity index (χ3v) is 13.4. The quantitative estimate of drug-likeness (QED) is 0.268. The molecule has 1 amide bonds. The SMILES string of the molecule is C=C(C)[C@@H]1CC[C@]2(C(=O)NO)CC[C@@]3(C)C(CCC4[C@@]5(C)CCC(=O)C(C)(C)C5CC[C@]43C)C12. The van der Waals surface area contributed by atoms with E-state index in [-0.39, 0.29) is 33.5 Å². The number of hydrogen-bond acceptors (Lipinski definition) is 3. The van der Waals surface area contributed by atoms with Crippen molar-refractivity contribution >= 4 is 11.7 Å². The molecule has 4 nitrogen and oxygen atoms in total. The number of carbonyl (C=O) groups excluding carboxylic acids is 2. The molecule has 5 fully saturated rings. The van der Waals surface area contributed by atoms with Crippen LogP contribution in [0.15, 0.2) is 12.2 Å². The van der Waals surface area contributed by atoms with Gasteiger partial charge in [-0.3, -0.25) is 14.8 Å². The maximum atomic E-state index is 13.2. The second kappa shape index (κ2) is 7.43. The van der Waals surface area contributed by atoms with E-state index in [1.165, 1.54) is 18.4 Å². The molecule has 190 valence electrons. The lowest BCUT2D eigenvalue weighted by Crippen LogP contribution is -2.67. The van der Waals surface area contributed by atoms with Crippen LogP contribution in [-0.4, -0.2) is 16.9 Å². The molecule has 0 aliphatic heterocycles. The standard InChI is InChI=1S/C30H47NO3/c1-18(2)19-10-15-30(25(33)31-34)17-16-28(6)20(24(19)30)8-9-22-27(5)13-12-23(32)26(3,4)21(27)11-14-29(22,28)7/h19-22,24,34H,1,8-17H2,2-7H3,(H,31,33)/t19-,20?,21?,22?,24?,27-,28-,29+,30-/m0/s1. The van der Waals surface area contributed by atoms with Crippen LogP contribution in [0.1, 0.15) is 106 Å². The Kier molecular flexibility index (Phi) is 5.36. The van der Waals surface area contributed by atoms with Gasteiger partial charge in [0.25, 0.3) is 0 Å². The molecule has 4 heteroatoms. The normalized spacial score (nSPS) is 51.5. The Hall–Kier alpha value is -1.16. The number of hydrogen-bond donors (Lipinski definition) is 2. The van der Waals surface area contributed by atoms with Crippen molar-refractivity contribution in [3.05, 3.63) is 12.2 Å². The van der Waals surface area contributed by atoms with E-state index in [0.29, 0.717) is 29.5 Å². The van der Waals surface area contributed by atoms with Crippen LogP contribution in [0, 0.1) is 56.7 Å². The Morgan fingerprint density at radius 3 is 2.26 bits per heavy atom. The van der Waals surface area contributed by atoms with Gasteiger partial charge in [0.1, 0.15) is 5.78 Å². The van der Waals surface area contributed by atoms with Gasteiger partial charge in [-0.1, -0.05) is 46.8 Å². The van der Waals surface area contributed by atoms with Crippen molar-refractivity contribution < 1.29 is 14.8 Å². The summed E-state index contributed by atoms with van der Waals surface area (Å²) in [6.45, 7) is 18.6. The number of allylic oxidation sites excluding steroid dienone is 1. The second-order valence-corrected chi connectivity index (χ2v) is 14.4. The largest absolute Gasteiger partial charge is 0.299 e. The highest BCUT2D eigenvalue weighted by Gasteiger charge is 2.71. The number of fused-ring (bicyclic) bond motifs is 7. The predicted octanol–water partition coefficient (Wildman–Crippen LogP) is 6.72. The van der Waals surface area contributed by atoms with Crippen molar-refractivity contribution in [1.82, 2.24) is 5.48 Å². The molecule has 0 saturated heterocycles. The molecule has 5 aliphatic carbocycles. The van der Waals surface area contributed by atoms with Crippen LogP contribution in [0.4, 0.5) is 0 Å². The van der Waals surface area contributed by atoms with Gasteiger partial charge in [-0.15, -0.1) is 0 Å². The van der Waals surface area contributed by atoms with Crippen LogP contribution in [0.2, 0.25) is 0 Å². The zero-order valence-corrected chi connectivity index (χ0v) is 22.4. The molecular formula is C30H47NO3. The number of Topliss-reactive ketones (excluding diaryl/α,β-unsaturated/α-hetero) is 1. The van der Waals surface area contributed by atoms with Gasteiger partial charge in [0, 0.05) is 11.8 Å². The Morgan fingerprint density at radius 1 is 0.912 bits per heavy atom. The first-order valence-electron chi connectivity index (χ1n) is 13.9.